The zero-order chi connectivity index (χ0) is 13.1. The number of nitrogens with one attached hydrogen (secondary N) is 1. The van der Waals surface area contributed by atoms with E-state index in [1.807, 2.05) is 26.8 Å². The summed E-state index contributed by atoms with van der Waals surface area (Å²) >= 11 is 2.20. The maximum absolute atomic E-state index is 12.1. The first-order chi connectivity index (χ1) is 7.86. The number of halogens is 1. The molecule has 1 unspecified atom stereocenters. The van der Waals surface area contributed by atoms with Crippen LogP contribution in [0, 0.1) is 12.8 Å². The van der Waals surface area contributed by atoms with Gasteiger partial charge in [-0.25, -0.2) is 13.1 Å². The van der Waals surface area contributed by atoms with Crippen LogP contribution in [-0.4, -0.2) is 18.9 Å². The number of alkyl halides is 1. The fourth-order valence-corrected chi connectivity index (χ4v) is 4.42. The molecule has 96 valence electrons. The van der Waals surface area contributed by atoms with E-state index in [2.05, 4.69) is 27.3 Å². The third-order valence-corrected chi connectivity index (χ3v) is 5.01. The van der Waals surface area contributed by atoms with Gasteiger partial charge in [0.1, 0.15) is 0 Å². The van der Waals surface area contributed by atoms with Crippen LogP contribution >= 0.6 is 22.6 Å². The van der Waals surface area contributed by atoms with Crippen LogP contribution in [0.3, 0.4) is 0 Å². The summed E-state index contributed by atoms with van der Waals surface area (Å²) in [7, 11) is -3.39. The summed E-state index contributed by atoms with van der Waals surface area (Å²) in [4.78, 5) is 0.341. The van der Waals surface area contributed by atoms with E-state index in [1.54, 1.807) is 18.2 Å². The Hall–Kier alpha value is -0.140. The summed E-state index contributed by atoms with van der Waals surface area (Å²) in [6.45, 7) is 5.92. The number of hydrogen-bond acceptors (Lipinski definition) is 2. The van der Waals surface area contributed by atoms with E-state index in [-0.39, 0.29) is 12.0 Å². The van der Waals surface area contributed by atoms with Crippen LogP contribution in [0.2, 0.25) is 0 Å². The molecule has 1 N–H and O–H groups in total. The number of sulfonamides is 1. The maximum atomic E-state index is 12.1. The lowest BCUT2D eigenvalue weighted by Crippen LogP contribution is -2.39. The summed E-state index contributed by atoms with van der Waals surface area (Å²) in [6.07, 6.45) is 0. The highest BCUT2D eigenvalue weighted by atomic mass is 127. The van der Waals surface area contributed by atoms with E-state index in [4.69, 9.17) is 0 Å². The Morgan fingerprint density at radius 3 is 2.47 bits per heavy atom. The molecule has 0 amide bonds. The lowest BCUT2D eigenvalue weighted by atomic mass is 10.1. The molecule has 0 aromatic heterocycles. The van der Waals surface area contributed by atoms with E-state index >= 15 is 0 Å². The SMILES string of the molecule is Cc1cccc(S(=O)(=O)NC(CI)C(C)C)c1. The molecular weight excluding hydrogens is 349 g/mol. The molecule has 0 fully saturated rings. The zero-order valence-electron chi connectivity index (χ0n) is 10.3. The topological polar surface area (TPSA) is 46.2 Å². The van der Waals surface area contributed by atoms with Crippen LogP contribution in [0.15, 0.2) is 29.2 Å². The van der Waals surface area contributed by atoms with Crippen molar-refractivity contribution in [2.24, 2.45) is 5.92 Å². The first-order valence-electron chi connectivity index (χ1n) is 5.52. The highest BCUT2D eigenvalue weighted by Crippen LogP contribution is 2.14. The first kappa shape index (κ1) is 14.9. The minimum absolute atomic E-state index is 0.0267. The van der Waals surface area contributed by atoms with Crippen LogP contribution in [0.25, 0.3) is 0 Å². The molecule has 0 spiro atoms. The Morgan fingerprint density at radius 2 is 2.00 bits per heavy atom. The Morgan fingerprint density at radius 1 is 1.35 bits per heavy atom. The minimum atomic E-state index is -3.39. The van der Waals surface area contributed by atoms with Crippen molar-refractivity contribution >= 4 is 32.6 Å². The summed E-state index contributed by atoms with van der Waals surface area (Å²) in [5.41, 5.74) is 0.948. The number of rotatable bonds is 5. The quantitative estimate of drug-likeness (QED) is 0.643. The van der Waals surface area contributed by atoms with E-state index in [0.29, 0.717) is 4.90 Å². The van der Waals surface area contributed by atoms with Gasteiger partial charge in [0.05, 0.1) is 4.90 Å². The largest absolute Gasteiger partial charge is 0.240 e. The molecule has 3 nitrogen and oxygen atoms in total. The van der Waals surface area contributed by atoms with Gasteiger partial charge in [-0.2, -0.15) is 0 Å². The van der Waals surface area contributed by atoms with Crippen molar-refractivity contribution in [3.63, 3.8) is 0 Å². The second-order valence-corrected chi connectivity index (χ2v) is 7.04. The third-order valence-electron chi connectivity index (χ3n) is 2.58. The van der Waals surface area contributed by atoms with Crippen molar-refractivity contribution in [3.05, 3.63) is 29.8 Å². The molecule has 0 aliphatic rings. The van der Waals surface area contributed by atoms with E-state index in [1.165, 1.54) is 0 Å². The lowest BCUT2D eigenvalue weighted by molar-refractivity contribution is 0.486. The van der Waals surface area contributed by atoms with Crippen LogP contribution in [0.5, 0.6) is 0 Å². The molecular formula is C12H18INO2S. The molecule has 1 atom stereocenters. The van der Waals surface area contributed by atoms with Gasteiger partial charge in [-0.3, -0.25) is 0 Å². The molecule has 5 heteroatoms. The molecule has 0 bridgehead atoms. The number of benzene rings is 1. The van der Waals surface area contributed by atoms with Crippen LogP contribution in [0.1, 0.15) is 19.4 Å². The Balaban J connectivity index is 2.96. The molecule has 17 heavy (non-hydrogen) atoms. The summed E-state index contributed by atoms with van der Waals surface area (Å²) in [5.74, 6) is 0.284. The Bertz CT molecular complexity index is 471. The second-order valence-electron chi connectivity index (χ2n) is 4.44. The highest BCUT2D eigenvalue weighted by molar-refractivity contribution is 14.1. The standard InChI is InChI=1S/C12H18INO2S/c1-9(2)12(8-13)14-17(15,16)11-6-4-5-10(3)7-11/h4-7,9,12,14H,8H2,1-3H3. The zero-order valence-corrected chi connectivity index (χ0v) is 13.2. The average molecular weight is 367 g/mol. The molecule has 0 saturated heterocycles. The first-order valence-corrected chi connectivity index (χ1v) is 8.52. The van der Waals surface area contributed by atoms with Crippen LogP contribution in [0.4, 0.5) is 0 Å². The Labute approximate surface area is 117 Å². The monoisotopic (exact) mass is 367 g/mol. The van der Waals surface area contributed by atoms with Gasteiger partial charge in [-0.05, 0) is 30.5 Å². The average Bonchev–Trinajstić information content (AvgIpc) is 2.25. The second kappa shape index (κ2) is 6.15. The molecule has 1 rings (SSSR count). The van der Waals surface area contributed by atoms with Gasteiger partial charge in [0, 0.05) is 10.5 Å². The van der Waals surface area contributed by atoms with Gasteiger partial charge < -0.3 is 0 Å². The summed E-state index contributed by atoms with van der Waals surface area (Å²) in [5, 5.41) is 0. The van der Waals surface area contributed by atoms with Gasteiger partial charge in [0.25, 0.3) is 0 Å². The van der Waals surface area contributed by atoms with Crippen molar-refractivity contribution < 1.29 is 8.42 Å². The predicted molar refractivity (Wildman–Crippen MR) is 79.0 cm³/mol. The van der Waals surface area contributed by atoms with Crippen LogP contribution in [-0.2, 0) is 10.0 Å². The smallest absolute Gasteiger partial charge is 0.207 e. The normalized spacial score (nSPS) is 13.9. The van der Waals surface area contributed by atoms with E-state index < -0.39 is 10.0 Å². The van der Waals surface area contributed by atoms with Crippen LogP contribution < -0.4 is 4.72 Å². The van der Waals surface area contributed by atoms with E-state index in [9.17, 15) is 8.42 Å². The fraction of sp³-hybridized carbons (Fsp3) is 0.500. The predicted octanol–water partition coefficient (Wildman–Crippen LogP) is 2.73. The Kier molecular flexibility index (Phi) is 5.40. The molecule has 1 aromatic rings. The number of aryl methyl sites for hydroxylation is 1. The van der Waals surface area contributed by atoms with Crippen molar-refractivity contribution in [2.75, 3.05) is 4.43 Å². The van der Waals surface area contributed by atoms with Crippen molar-refractivity contribution in [1.29, 1.82) is 0 Å². The fourth-order valence-electron chi connectivity index (χ4n) is 1.40. The van der Waals surface area contributed by atoms with Gasteiger partial charge in [0.2, 0.25) is 10.0 Å². The summed E-state index contributed by atoms with van der Waals surface area (Å²) < 4.78 is 27.8. The number of hydrogen-bond donors (Lipinski definition) is 1. The minimum Gasteiger partial charge on any atom is -0.207 e. The molecule has 0 aliphatic heterocycles. The maximum Gasteiger partial charge on any atom is 0.240 e. The van der Waals surface area contributed by atoms with Crippen molar-refractivity contribution in [2.45, 2.75) is 31.7 Å². The molecule has 1 aromatic carbocycles. The third kappa shape index (κ3) is 4.22. The van der Waals surface area contributed by atoms with E-state index in [0.717, 1.165) is 9.99 Å². The van der Waals surface area contributed by atoms with Crippen molar-refractivity contribution in [1.82, 2.24) is 4.72 Å². The van der Waals surface area contributed by atoms with Gasteiger partial charge >= 0.3 is 0 Å². The molecule has 0 heterocycles. The highest BCUT2D eigenvalue weighted by Gasteiger charge is 2.21. The van der Waals surface area contributed by atoms with Crippen molar-refractivity contribution in [3.8, 4) is 0 Å². The molecule has 0 saturated carbocycles. The molecule has 0 radical (unpaired) electrons. The van der Waals surface area contributed by atoms with Gasteiger partial charge in [-0.15, -0.1) is 0 Å². The summed E-state index contributed by atoms with van der Waals surface area (Å²) in [6, 6.07) is 6.93. The molecule has 0 aliphatic carbocycles. The van der Waals surface area contributed by atoms with Gasteiger partial charge in [0.15, 0.2) is 0 Å². The lowest BCUT2D eigenvalue weighted by Gasteiger charge is -2.20. The van der Waals surface area contributed by atoms with Gasteiger partial charge in [-0.1, -0.05) is 48.6 Å².